The highest BCUT2D eigenvalue weighted by atomic mass is 28.3. The van der Waals surface area contributed by atoms with Gasteiger partial charge in [0.05, 0.1) is 12.7 Å². The van der Waals surface area contributed by atoms with Crippen LogP contribution in [0.5, 0.6) is 0 Å². The predicted molar refractivity (Wildman–Crippen MR) is 222 cm³/mol. The molecule has 0 spiro atoms. The normalized spacial score (nSPS) is 17.0. The van der Waals surface area contributed by atoms with Crippen molar-refractivity contribution in [1.29, 1.82) is 0 Å². The molecule has 54 heavy (non-hydrogen) atoms. The molecule has 1 heterocycles. The Bertz CT molecular complexity index is 1940. The summed E-state index contributed by atoms with van der Waals surface area (Å²) in [6.07, 6.45) is 0.335. The Kier molecular flexibility index (Phi) is 12.5. The third-order valence-corrected chi connectivity index (χ3v) is 12.2. The van der Waals surface area contributed by atoms with Crippen LogP contribution in [0.3, 0.4) is 0 Å². The monoisotopic (exact) mass is 735 g/mol. The highest BCUT2D eigenvalue weighted by molar-refractivity contribution is 6.76. The standard InChI is InChI=1S/C48H53NO4Si/c1-54(2,3)32-31-50-36-51-47(41-28-27-38-15-13-14-16-40(38)33-41)53-46-34-49-30-29-45(46)39-25-23-37(24-26-39)35-52-48(42-17-7-4-8-18-42,43-19-9-5-10-20-43)44-21-11-6-12-22-44/h4-28,33,45-47,49H,29-32,34-36H2,1-3H3. The molecule has 1 N–H and O–H groups in total. The number of ether oxygens (including phenoxy) is 4. The molecule has 3 atom stereocenters. The fourth-order valence-electron chi connectivity index (χ4n) is 7.45. The summed E-state index contributed by atoms with van der Waals surface area (Å²) >= 11 is 0. The number of fused-ring (bicyclic) bond motifs is 1. The average Bonchev–Trinajstić information content (AvgIpc) is 3.21. The summed E-state index contributed by atoms with van der Waals surface area (Å²) in [4.78, 5) is 0. The molecule has 6 aromatic rings. The maximum absolute atomic E-state index is 7.13. The molecule has 3 unspecified atom stereocenters. The highest BCUT2D eigenvalue weighted by Crippen LogP contribution is 2.41. The predicted octanol–water partition coefficient (Wildman–Crippen LogP) is 10.8. The summed E-state index contributed by atoms with van der Waals surface area (Å²) in [5.41, 5.74) is 5.89. The molecule has 0 bridgehead atoms. The summed E-state index contributed by atoms with van der Waals surface area (Å²) in [7, 11) is -1.20. The Hall–Kier alpha value is -4.40. The summed E-state index contributed by atoms with van der Waals surface area (Å²) in [6.45, 7) is 10.1. The van der Waals surface area contributed by atoms with E-state index in [0.29, 0.717) is 13.2 Å². The molecule has 1 fully saturated rings. The van der Waals surface area contributed by atoms with E-state index in [1.54, 1.807) is 0 Å². The van der Waals surface area contributed by atoms with Crippen molar-refractivity contribution in [2.45, 2.75) is 62.6 Å². The Balaban J connectivity index is 1.10. The fraction of sp³-hybridized carbons (Fsp3) is 0.292. The van der Waals surface area contributed by atoms with Gasteiger partial charge >= 0.3 is 0 Å². The first-order chi connectivity index (χ1) is 26.4. The van der Waals surface area contributed by atoms with Crippen LogP contribution in [0, 0.1) is 0 Å². The van der Waals surface area contributed by atoms with Gasteiger partial charge in [-0.15, -0.1) is 0 Å². The van der Waals surface area contributed by atoms with Gasteiger partial charge in [0.1, 0.15) is 12.4 Å². The second-order valence-corrected chi connectivity index (χ2v) is 21.1. The molecule has 278 valence electrons. The number of nitrogens with one attached hydrogen (secondary N) is 1. The van der Waals surface area contributed by atoms with Gasteiger partial charge in [0, 0.05) is 32.7 Å². The topological polar surface area (TPSA) is 49.0 Å². The molecule has 0 aliphatic carbocycles. The van der Waals surface area contributed by atoms with Crippen molar-refractivity contribution in [3.63, 3.8) is 0 Å². The van der Waals surface area contributed by atoms with E-state index in [1.165, 1.54) is 16.3 Å². The summed E-state index contributed by atoms with van der Waals surface area (Å²) in [6, 6.07) is 56.6. The Morgan fingerprint density at radius 3 is 1.89 bits per heavy atom. The molecular weight excluding hydrogens is 683 g/mol. The number of hydrogen-bond donors (Lipinski definition) is 1. The smallest absolute Gasteiger partial charge is 0.186 e. The van der Waals surface area contributed by atoms with Crippen LogP contribution in [0.2, 0.25) is 25.7 Å². The molecule has 0 saturated carbocycles. The Labute approximate surface area is 322 Å². The van der Waals surface area contributed by atoms with Crippen molar-refractivity contribution in [1.82, 2.24) is 5.32 Å². The third-order valence-electron chi connectivity index (χ3n) is 10.5. The van der Waals surface area contributed by atoms with Gasteiger partial charge in [0.15, 0.2) is 6.29 Å². The van der Waals surface area contributed by atoms with Crippen LogP contribution in [-0.4, -0.2) is 40.7 Å². The minimum atomic E-state index is -1.20. The average molecular weight is 736 g/mol. The number of rotatable bonds is 16. The second-order valence-electron chi connectivity index (χ2n) is 15.5. The summed E-state index contributed by atoms with van der Waals surface area (Å²) in [5.74, 6) is 0.206. The largest absolute Gasteiger partial charge is 0.356 e. The summed E-state index contributed by atoms with van der Waals surface area (Å²) < 4.78 is 26.5. The maximum atomic E-state index is 7.13. The van der Waals surface area contributed by atoms with E-state index in [2.05, 4.69) is 183 Å². The van der Waals surface area contributed by atoms with Crippen molar-refractivity contribution < 1.29 is 18.9 Å². The zero-order valence-corrected chi connectivity index (χ0v) is 32.8. The molecule has 1 aliphatic heterocycles. The van der Waals surface area contributed by atoms with Crippen molar-refractivity contribution in [2.75, 3.05) is 26.5 Å². The lowest BCUT2D eigenvalue weighted by atomic mass is 9.80. The van der Waals surface area contributed by atoms with Gasteiger partial charge in [0.2, 0.25) is 0 Å². The minimum absolute atomic E-state index is 0.0822. The van der Waals surface area contributed by atoms with Gasteiger partial charge in [-0.05, 0) is 63.7 Å². The first-order valence-corrected chi connectivity index (χ1v) is 23.0. The van der Waals surface area contributed by atoms with E-state index in [9.17, 15) is 0 Å². The van der Waals surface area contributed by atoms with Crippen molar-refractivity contribution >= 4 is 18.8 Å². The zero-order chi connectivity index (χ0) is 37.2. The van der Waals surface area contributed by atoms with E-state index >= 15 is 0 Å². The molecule has 6 heteroatoms. The lowest BCUT2D eigenvalue weighted by Gasteiger charge is -2.36. The van der Waals surface area contributed by atoms with Crippen LogP contribution in [0.15, 0.2) is 158 Å². The minimum Gasteiger partial charge on any atom is -0.356 e. The van der Waals surface area contributed by atoms with Crippen LogP contribution < -0.4 is 5.32 Å². The second kappa shape index (κ2) is 17.8. The van der Waals surface area contributed by atoms with E-state index in [1.807, 2.05) is 0 Å². The van der Waals surface area contributed by atoms with E-state index in [-0.39, 0.29) is 18.8 Å². The van der Waals surface area contributed by atoms with Gasteiger partial charge < -0.3 is 24.3 Å². The van der Waals surface area contributed by atoms with Gasteiger partial charge in [-0.3, -0.25) is 0 Å². The van der Waals surface area contributed by atoms with Crippen LogP contribution >= 0.6 is 0 Å². The number of benzene rings is 6. The lowest BCUT2D eigenvalue weighted by Crippen LogP contribution is -2.42. The van der Waals surface area contributed by atoms with Crippen LogP contribution in [0.1, 0.15) is 52.0 Å². The van der Waals surface area contributed by atoms with Crippen LogP contribution in [0.4, 0.5) is 0 Å². The van der Waals surface area contributed by atoms with E-state index in [4.69, 9.17) is 18.9 Å². The molecule has 6 aromatic carbocycles. The highest BCUT2D eigenvalue weighted by Gasteiger charge is 2.37. The van der Waals surface area contributed by atoms with Crippen molar-refractivity contribution in [2.24, 2.45) is 0 Å². The quantitative estimate of drug-likeness (QED) is 0.0464. The van der Waals surface area contributed by atoms with Gasteiger partial charge in [-0.25, -0.2) is 0 Å². The molecule has 1 saturated heterocycles. The third kappa shape index (κ3) is 9.27. The van der Waals surface area contributed by atoms with Crippen LogP contribution in [-0.2, 0) is 31.2 Å². The fourth-order valence-corrected chi connectivity index (χ4v) is 8.21. The Morgan fingerprint density at radius 1 is 0.685 bits per heavy atom. The van der Waals surface area contributed by atoms with Gasteiger partial charge in [0.25, 0.3) is 0 Å². The van der Waals surface area contributed by atoms with Gasteiger partial charge in [-0.2, -0.15) is 0 Å². The number of piperidine rings is 1. The maximum Gasteiger partial charge on any atom is 0.186 e. The molecule has 0 aromatic heterocycles. The van der Waals surface area contributed by atoms with Gasteiger partial charge in [-0.1, -0.05) is 171 Å². The molecule has 0 radical (unpaired) electrons. The molecular formula is C48H53NO4Si. The first kappa shape index (κ1) is 37.9. The molecule has 1 aliphatic rings. The first-order valence-electron chi connectivity index (χ1n) is 19.3. The SMILES string of the molecule is C[Si](C)(C)CCOCOC(OC1CNCCC1c1ccc(COC(c2ccccc2)(c2ccccc2)c2ccccc2)cc1)c1ccc2ccccc2c1. The van der Waals surface area contributed by atoms with Crippen molar-refractivity contribution in [3.8, 4) is 0 Å². The molecule has 0 amide bonds. The molecule has 7 rings (SSSR count). The van der Waals surface area contributed by atoms with Crippen molar-refractivity contribution in [3.05, 3.63) is 191 Å². The van der Waals surface area contributed by atoms with E-state index in [0.717, 1.165) is 53.4 Å². The Morgan fingerprint density at radius 2 is 1.28 bits per heavy atom. The number of hydrogen-bond acceptors (Lipinski definition) is 5. The molecule has 5 nitrogen and oxygen atoms in total. The van der Waals surface area contributed by atoms with Crippen LogP contribution in [0.25, 0.3) is 10.8 Å². The summed E-state index contributed by atoms with van der Waals surface area (Å²) in [5, 5.41) is 5.94. The zero-order valence-electron chi connectivity index (χ0n) is 31.8. The van der Waals surface area contributed by atoms with E-state index < -0.39 is 20.0 Å². The lowest BCUT2D eigenvalue weighted by molar-refractivity contribution is -0.222.